The van der Waals surface area contributed by atoms with E-state index in [9.17, 15) is 18.4 Å². The first-order valence-electron chi connectivity index (χ1n) is 8.82. The van der Waals surface area contributed by atoms with Crippen LogP contribution in [0.25, 0.3) is 11.0 Å². The lowest BCUT2D eigenvalue weighted by Crippen LogP contribution is -2.31. The molecule has 0 bridgehead atoms. The Balaban J connectivity index is 1.65. The maximum Gasteiger partial charge on any atom is 0.307 e. The summed E-state index contributed by atoms with van der Waals surface area (Å²) >= 11 is 0. The van der Waals surface area contributed by atoms with Gasteiger partial charge in [0.2, 0.25) is 5.95 Å². The van der Waals surface area contributed by atoms with Crippen molar-refractivity contribution in [3.8, 4) is 11.5 Å². The number of anilines is 1. The normalized spacial score (nSPS) is 16.5. The van der Waals surface area contributed by atoms with Gasteiger partial charge in [0, 0.05) is 37.2 Å². The molecule has 1 N–H and O–H groups in total. The molecule has 8 nitrogen and oxygen atoms in total. The average Bonchev–Trinajstić information content (AvgIpc) is 2.68. The van der Waals surface area contributed by atoms with Crippen LogP contribution in [-0.2, 0) is 16.6 Å². The number of carbonyl (C=O) groups is 1. The molecule has 0 aliphatic carbocycles. The first-order valence-corrected chi connectivity index (χ1v) is 8.82. The summed E-state index contributed by atoms with van der Waals surface area (Å²) in [5.74, 6) is -2.12. The number of esters is 1. The number of hydrogen-bond donors (Lipinski definition) is 1. The van der Waals surface area contributed by atoms with Crippen molar-refractivity contribution in [1.82, 2.24) is 14.5 Å². The van der Waals surface area contributed by atoms with Gasteiger partial charge in [-0.25, -0.2) is 13.8 Å². The summed E-state index contributed by atoms with van der Waals surface area (Å²) in [5, 5.41) is 3.55. The molecule has 0 saturated carbocycles. The third-order valence-corrected chi connectivity index (χ3v) is 4.51. The summed E-state index contributed by atoms with van der Waals surface area (Å²) in [5.41, 5.74) is -0.218. The Morgan fingerprint density at radius 2 is 2.07 bits per heavy atom. The van der Waals surface area contributed by atoms with Crippen LogP contribution in [0.5, 0.6) is 11.5 Å². The molecule has 2 aromatic heterocycles. The van der Waals surface area contributed by atoms with Crippen molar-refractivity contribution in [2.75, 3.05) is 11.9 Å². The fraction of sp³-hybridized carbons (Fsp3) is 0.263. The lowest BCUT2D eigenvalue weighted by atomic mass is 10.1. The van der Waals surface area contributed by atoms with Crippen LogP contribution in [0.1, 0.15) is 12.8 Å². The third kappa shape index (κ3) is 3.86. The van der Waals surface area contributed by atoms with E-state index in [2.05, 4.69) is 15.3 Å². The van der Waals surface area contributed by atoms with Crippen molar-refractivity contribution in [3.63, 3.8) is 0 Å². The second-order valence-electron chi connectivity index (χ2n) is 6.58. The minimum absolute atomic E-state index is 0.148. The Morgan fingerprint density at radius 3 is 2.83 bits per heavy atom. The lowest BCUT2D eigenvalue weighted by Gasteiger charge is -2.22. The number of aromatic nitrogens is 3. The van der Waals surface area contributed by atoms with Gasteiger partial charge in [0.1, 0.15) is 11.5 Å². The van der Waals surface area contributed by atoms with E-state index in [-0.39, 0.29) is 35.9 Å². The van der Waals surface area contributed by atoms with Crippen LogP contribution in [0.2, 0.25) is 0 Å². The van der Waals surface area contributed by atoms with Gasteiger partial charge < -0.3 is 14.8 Å². The highest BCUT2D eigenvalue weighted by Gasteiger charge is 2.21. The van der Waals surface area contributed by atoms with Gasteiger partial charge in [0.05, 0.1) is 13.0 Å². The van der Waals surface area contributed by atoms with Gasteiger partial charge in [-0.05, 0) is 18.2 Å². The molecule has 0 radical (unpaired) electrons. The standard InChI is InChI=1S/C19H16F2N4O4/c1-25-17-10(9-22-19(24-17)23-12-4-5-28-16(26)8-12)6-15(18(25)27)29-14-3-2-11(20)7-13(14)21/h2-3,6-7,9,12H,4-5,8H2,1H3,(H,22,23,24). The molecule has 1 aliphatic rings. The zero-order chi connectivity index (χ0) is 20.5. The number of aryl methyl sites for hydroxylation is 1. The zero-order valence-corrected chi connectivity index (χ0v) is 15.3. The Hall–Kier alpha value is -3.56. The number of fused-ring (bicyclic) bond motifs is 1. The predicted molar refractivity (Wildman–Crippen MR) is 98.8 cm³/mol. The number of halogens is 2. The van der Waals surface area contributed by atoms with E-state index in [1.54, 1.807) is 0 Å². The van der Waals surface area contributed by atoms with Gasteiger partial charge in [-0.2, -0.15) is 4.98 Å². The number of pyridine rings is 1. The molecule has 0 spiro atoms. The van der Waals surface area contributed by atoms with Crippen LogP contribution in [-0.4, -0.2) is 33.2 Å². The first kappa shape index (κ1) is 18.8. The Kier molecular flexibility index (Phi) is 4.83. The molecular weight excluding hydrogens is 386 g/mol. The number of rotatable bonds is 4. The highest BCUT2D eigenvalue weighted by molar-refractivity contribution is 5.77. The van der Waals surface area contributed by atoms with Gasteiger partial charge in [0.25, 0.3) is 5.56 Å². The molecule has 1 aromatic carbocycles. The highest BCUT2D eigenvalue weighted by Crippen LogP contribution is 2.25. The molecule has 1 saturated heterocycles. The zero-order valence-electron chi connectivity index (χ0n) is 15.3. The van der Waals surface area contributed by atoms with E-state index in [4.69, 9.17) is 9.47 Å². The maximum atomic E-state index is 13.8. The first-order chi connectivity index (χ1) is 13.9. The molecule has 4 rings (SSSR count). The number of nitrogens with one attached hydrogen (secondary N) is 1. The van der Waals surface area contributed by atoms with Crippen LogP contribution in [0.4, 0.5) is 14.7 Å². The van der Waals surface area contributed by atoms with Crippen molar-refractivity contribution in [1.29, 1.82) is 0 Å². The molecular formula is C19H16F2N4O4. The summed E-state index contributed by atoms with van der Waals surface area (Å²) < 4.78 is 38.4. The quantitative estimate of drug-likeness (QED) is 0.670. The summed E-state index contributed by atoms with van der Waals surface area (Å²) in [4.78, 5) is 32.6. The molecule has 1 fully saturated rings. The summed E-state index contributed by atoms with van der Waals surface area (Å²) in [6.45, 7) is 0.323. The van der Waals surface area contributed by atoms with Crippen molar-refractivity contribution >= 4 is 23.0 Å². The topological polar surface area (TPSA) is 95.3 Å². The molecule has 0 amide bonds. The number of hydrogen-bond acceptors (Lipinski definition) is 7. The van der Waals surface area contributed by atoms with E-state index in [0.717, 1.165) is 12.1 Å². The van der Waals surface area contributed by atoms with Crippen molar-refractivity contribution in [2.45, 2.75) is 18.9 Å². The lowest BCUT2D eigenvalue weighted by molar-refractivity contribution is -0.147. The largest absolute Gasteiger partial charge is 0.466 e. The van der Waals surface area contributed by atoms with Gasteiger partial charge in [-0.1, -0.05) is 0 Å². The number of nitrogens with zero attached hydrogens (tertiary/aromatic N) is 3. The second kappa shape index (κ2) is 7.46. The van der Waals surface area contributed by atoms with Crippen LogP contribution in [0, 0.1) is 11.6 Å². The van der Waals surface area contributed by atoms with Crippen molar-refractivity contribution in [2.24, 2.45) is 7.05 Å². The second-order valence-corrected chi connectivity index (χ2v) is 6.58. The van der Waals surface area contributed by atoms with Crippen LogP contribution in [0.15, 0.2) is 35.3 Å². The maximum absolute atomic E-state index is 13.8. The van der Waals surface area contributed by atoms with Crippen molar-refractivity contribution < 1.29 is 23.0 Å². The molecule has 1 atom stereocenters. The summed E-state index contributed by atoms with van der Waals surface area (Å²) in [6.07, 6.45) is 2.32. The van der Waals surface area contributed by atoms with E-state index < -0.39 is 17.2 Å². The van der Waals surface area contributed by atoms with Gasteiger partial charge in [-0.3, -0.25) is 14.2 Å². The number of ether oxygens (including phenoxy) is 2. The molecule has 1 unspecified atom stereocenters. The monoisotopic (exact) mass is 402 g/mol. The third-order valence-electron chi connectivity index (χ3n) is 4.51. The van der Waals surface area contributed by atoms with Gasteiger partial charge in [-0.15, -0.1) is 0 Å². The van der Waals surface area contributed by atoms with Crippen molar-refractivity contribution in [3.05, 3.63) is 52.5 Å². The molecule has 1 aliphatic heterocycles. The predicted octanol–water partition coefficient (Wildman–Crippen LogP) is 2.52. The summed E-state index contributed by atoms with van der Waals surface area (Å²) in [7, 11) is 1.49. The number of carbonyl (C=O) groups excluding carboxylic acids is 1. The van der Waals surface area contributed by atoms with Gasteiger partial charge >= 0.3 is 5.97 Å². The molecule has 3 heterocycles. The number of cyclic esters (lactones) is 1. The van der Waals surface area contributed by atoms with Crippen LogP contribution in [0.3, 0.4) is 0 Å². The Labute approximate surface area is 163 Å². The minimum Gasteiger partial charge on any atom is -0.466 e. The Bertz CT molecular complexity index is 1160. The van der Waals surface area contributed by atoms with Gasteiger partial charge in [0.15, 0.2) is 17.3 Å². The smallest absolute Gasteiger partial charge is 0.307 e. The fourth-order valence-corrected chi connectivity index (χ4v) is 3.02. The van der Waals surface area contributed by atoms with E-state index in [1.165, 1.54) is 23.9 Å². The summed E-state index contributed by atoms with van der Waals surface area (Å²) in [6, 6.07) is 4.04. The van der Waals surface area contributed by atoms with E-state index >= 15 is 0 Å². The highest BCUT2D eigenvalue weighted by atomic mass is 19.1. The minimum atomic E-state index is -0.922. The fourth-order valence-electron chi connectivity index (χ4n) is 3.02. The Morgan fingerprint density at radius 1 is 1.24 bits per heavy atom. The van der Waals surface area contributed by atoms with E-state index in [0.29, 0.717) is 30.1 Å². The number of benzene rings is 1. The molecule has 10 heteroatoms. The van der Waals surface area contributed by atoms with Crippen LogP contribution < -0.4 is 15.6 Å². The average molecular weight is 402 g/mol. The van der Waals surface area contributed by atoms with E-state index in [1.807, 2.05) is 0 Å². The van der Waals surface area contributed by atoms with Crippen LogP contribution >= 0.6 is 0 Å². The molecule has 150 valence electrons. The molecule has 29 heavy (non-hydrogen) atoms. The molecule has 3 aromatic rings. The SMILES string of the molecule is Cn1c(=O)c(Oc2ccc(F)cc2F)cc2cnc(NC3CCOC(=O)C3)nc21.